The Hall–Kier alpha value is -1.46. The highest BCUT2D eigenvalue weighted by Crippen LogP contribution is 2.32. The monoisotopic (exact) mass is 357 g/mol. The fourth-order valence-corrected chi connectivity index (χ4v) is 2.50. The third-order valence-corrected chi connectivity index (χ3v) is 3.95. The van der Waals surface area contributed by atoms with Gasteiger partial charge in [0.2, 0.25) is 5.76 Å². The second-order valence-electron chi connectivity index (χ2n) is 4.45. The van der Waals surface area contributed by atoms with Crippen LogP contribution >= 0.6 is 27.5 Å². The number of carbonyl (C=O) groups is 1. The largest absolute Gasteiger partial charge is 0.475 e. The first kappa shape index (κ1) is 14.9. The molecule has 0 aliphatic heterocycles. The van der Waals surface area contributed by atoms with Crippen molar-refractivity contribution < 1.29 is 14.3 Å². The summed E-state index contributed by atoms with van der Waals surface area (Å²) < 4.78 is 6.15. The van der Waals surface area contributed by atoms with Gasteiger partial charge in [0.15, 0.2) is 0 Å². The predicted octanol–water partition coefficient (Wildman–Crippen LogP) is 4.88. The maximum absolute atomic E-state index is 10.8. The fourth-order valence-electron chi connectivity index (χ4n) is 1.76. The molecular formula is C14H13BrClNO3. The van der Waals surface area contributed by atoms with Crippen molar-refractivity contribution in [2.75, 3.05) is 5.32 Å². The Morgan fingerprint density at radius 3 is 2.75 bits per heavy atom. The zero-order chi connectivity index (χ0) is 14.9. The van der Waals surface area contributed by atoms with Crippen molar-refractivity contribution in [3.05, 3.63) is 50.8 Å². The van der Waals surface area contributed by atoms with Crippen LogP contribution in [0.15, 0.2) is 33.2 Å². The quantitative estimate of drug-likeness (QED) is 0.818. The highest BCUT2D eigenvalue weighted by Gasteiger charge is 2.15. The zero-order valence-corrected chi connectivity index (χ0v) is 13.2. The summed E-state index contributed by atoms with van der Waals surface area (Å²) in [7, 11) is 0. The van der Waals surface area contributed by atoms with Crippen LogP contribution < -0.4 is 5.32 Å². The maximum Gasteiger partial charge on any atom is 0.371 e. The van der Waals surface area contributed by atoms with Crippen LogP contribution in [-0.2, 0) is 0 Å². The van der Waals surface area contributed by atoms with E-state index in [4.69, 9.17) is 21.1 Å². The molecule has 0 saturated heterocycles. The summed E-state index contributed by atoms with van der Waals surface area (Å²) in [5, 5.41) is 12.7. The average Bonchev–Trinajstić information content (AvgIpc) is 2.85. The van der Waals surface area contributed by atoms with Gasteiger partial charge < -0.3 is 14.8 Å². The average molecular weight is 359 g/mol. The summed E-state index contributed by atoms with van der Waals surface area (Å²) in [5.41, 5.74) is 1.80. The van der Waals surface area contributed by atoms with Crippen molar-refractivity contribution in [3.63, 3.8) is 0 Å². The standard InChI is InChI=1S/C14H13BrClNO3/c1-7-5-9(15)11(6-10(7)16)17-8(2)12-3-4-13(20-12)14(18)19/h3-6,8,17H,1-2H3,(H,18,19). The second kappa shape index (κ2) is 5.89. The molecule has 0 aliphatic rings. The molecule has 2 rings (SSSR count). The molecule has 6 heteroatoms. The summed E-state index contributed by atoms with van der Waals surface area (Å²) in [4.78, 5) is 10.8. The van der Waals surface area contributed by atoms with Crippen LogP contribution in [0, 0.1) is 6.92 Å². The Labute approximate surface area is 129 Å². The van der Waals surface area contributed by atoms with E-state index in [9.17, 15) is 4.79 Å². The van der Waals surface area contributed by atoms with Crippen LogP contribution in [0.2, 0.25) is 5.02 Å². The van der Waals surface area contributed by atoms with E-state index in [1.54, 1.807) is 6.07 Å². The third-order valence-electron chi connectivity index (χ3n) is 2.88. The van der Waals surface area contributed by atoms with Gasteiger partial charge in [0.05, 0.1) is 11.7 Å². The van der Waals surface area contributed by atoms with E-state index in [0.29, 0.717) is 10.8 Å². The lowest BCUT2D eigenvalue weighted by molar-refractivity contribution is 0.0660. The number of benzene rings is 1. The molecule has 20 heavy (non-hydrogen) atoms. The Bertz CT molecular complexity index is 654. The Balaban J connectivity index is 2.20. The number of aromatic carboxylic acids is 1. The van der Waals surface area contributed by atoms with Crippen LogP contribution in [0.5, 0.6) is 0 Å². The summed E-state index contributed by atoms with van der Waals surface area (Å²) in [6, 6.07) is 6.64. The molecule has 1 aromatic heterocycles. The number of rotatable bonds is 4. The van der Waals surface area contributed by atoms with Crippen LogP contribution in [0.4, 0.5) is 5.69 Å². The van der Waals surface area contributed by atoms with E-state index < -0.39 is 5.97 Å². The van der Waals surface area contributed by atoms with Crippen LogP contribution in [0.3, 0.4) is 0 Å². The number of hydrogen-bond donors (Lipinski definition) is 2. The number of nitrogens with one attached hydrogen (secondary N) is 1. The number of halogens is 2. The van der Waals surface area contributed by atoms with Gasteiger partial charge in [-0.05, 0) is 59.6 Å². The van der Waals surface area contributed by atoms with Crippen molar-refractivity contribution in [1.82, 2.24) is 0 Å². The molecular weight excluding hydrogens is 346 g/mol. The molecule has 4 nitrogen and oxygen atoms in total. The minimum Gasteiger partial charge on any atom is -0.475 e. The molecule has 106 valence electrons. The van der Waals surface area contributed by atoms with Gasteiger partial charge >= 0.3 is 5.97 Å². The van der Waals surface area contributed by atoms with E-state index in [1.165, 1.54) is 6.07 Å². The lowest BCUT2D eigenvalue weighted by atomic mass is 10.2. The molecule has 0 bridgehead atoms. The lowest BCUT2D eigenvalue weighted by Crippen LogP contribution is -2.06. The number of furan rings is 1. The SMILES string of the molecule is Cc1cc(Br)c(NC(C)c2ccc(C(=O)O)o2)cc1Cl. The number of carboxylic acids is 1. The summed E-state index contributed by atoms with van der Waals surface area (Å²) in [6.45, 7) is 3.80. The Kier molecular flexibility index (Phi) is 4.40. The van der Waals surface area contributed by atoms with Crippen LogP contribution in [-0.4, -0.2) is 11.1 Å². The molecule has 0 radical (unpaired) electrons. The normalized spacial score (nSPS) is 12.2. The van der Waals surface area contributed by atoms with Gasteiger partial charge in [0.25, 0.3) is 0 Å². The van der Waals surface area contributed by atoms with Crippen molar-refractivity contribution in [1.29, 1.82) is 0 Å². The van der Waals surface area contributed by atoms with E-state index in [-0.39, 0.29) is 11.8 Å². The molecule has 0 saturated carbocycles. The minimum absolute atomic E-state index is 0.0744. The number of carboxylic acid groups (broad SMARTS) is 1. The van der Waals surface area contributed by atoms with Crippen molar-refractivity contribution in [3.8, 4) is 0 Å². The van der Waals surface area contributed by atoms with Crippen molar-refractivity contribution in [2.24, 2.45) is 0 Å². The van der Waals surface area contributed by atoms with Gasteiger partial charge in [-0.15, -0.1) is 0 Å². The first-order chi connectivity index (χ1) is 9.38. The molecule has 0 fully saturated rings. The Morgan fingerprint density at radius 1 is 1.45 bits per heavy atom. The first-order valence-corrected chi connectivity index (χ1v) is 7.10. The van der Waals surface area contributed by atoms with E-state index in [2.05, 4.69) is 21.2 Å². The van der Waals surface area contributed by atoms with Crippen LogP contribution in [0.25, 0.3) is 0 Å². The van der Waals surface area contributed by atoms with Gasteiger partial charge in [-0.3, -0.25) is 0 Å². The molecule has 2 N–H and O–H groups in total. The molecule has 1 aromatic carbocycles. The summed E-state index contributed by atoms with van der Waals surface area (Å²) >= 11 is 9.56. The van der Waals surface area contributed by atoms with Crippen LogP contribution in [0.1, 0.15) is 34.8 Å². The van der Waals surface area contributed by atoms with Gasteiger partial charge in [0.1, 0.15) is 5.76 Å². The maximum atomic E-state index is 10.8. The zero-order valence-electron chi connectivity index (χ0n) is 10.9. The van der Waals surface area contributed by atoms with Crippen molar-refractivity contribution in [2.45, 2.75) is 19.9 Å². The van der Waals surface area contributed by atoms with E-state index in [1.807, 2.05) is 26.0 Å². The van der Waals surface area contributed by atoms with Gasteiger partial charge in [-0.1, -0.05) is 11.6 Å². The van der Waals surface area contributed by atoms with Gasteiger partial charge in [0, 0.05) is 9.50 Å². The molecule has 1 atom stereocenters. The molecule has 1 heterocycles. The fraction of sp³-hybridized carbons (Fsp3) is 0.214. The first-order valence-electron chi connectivity index (χ1n) is 5.93. The smallest absolute Gasteiger partial charge is 0.371 e. The predicted molar refractivity (Wildman–Crippen MR) is 81.6 cm³/mol. The minimum atomic E-state index is -1.08. The molecule has 2 aromatic rings. The van der Waals surface area contributed by atoms with E-state index >= 15 is 0 Å². The second-order valence-corrected chi connectivity index (χ2v) is 5.72. The van der Waals surface area contributed by atoms with Gasteiger partial charge in [-0.25, -0.2) is 4.79 Å². The number of anilines is 1. The topological polar surface area (TPSA) is 62.5 Å². The Morgan fingerprint density at radius 2 is 2.15 bits per heavy atom. The molecule has 0 amide bonds. The number of aryl methyl sites for hydroxylation is 1. The summed E-state index contributed by atoms with van der Waals surface area (Å²) in [6.07, 6.45) is 0. The molecule has 1 unspecified atom stereocenters. The van der Waals surface area contributed by atoms with Gasteiger partial charge in [-0.2, -0.15) is 0 Å². The van der Waals surface area contributed by atoms with E-state index in [0.717, 1.165) is 15.7 Å². The van der Waals surface area contributed by atoms with Crippen molar-refractivity contribution >= 4 is 39.2 Å². The highest BCUT2D eigenvalue weighted by molar-refractivity contribution is 9.10. The molecule has 0 aliphatic carbocycles. The number of hydrogen-bond acceptors (Lipinski definition) is 3. The lowest BCUT2D eigenvalue weighted by Gasteiger charge is -2.15. The third kappa shape index (κ3) is 3.16. The molecule has 0 spiro atoms. The highest BCUT2D eigenvalue weighted by atomic mass is 79.9. The summed E-state index contributed by atoms with van der Waals surface area (Å²) in [5.74, 6) is -0.608.